The normalized spacial score (nSPS) is 16.9. The molecular formula is C15H22ClNO. The predicted molar refractivity (Wildman–Crippen MR) is 77.1 cm³/mol. The molecule has 0 aliphatic carbocycles. The minimum atomic E-state index is 0.633. The first-order chi connectivity index (χ1) is 8.57. The molecule has 100 valence electrons. The van der Waals surface area contributed by atoms with Crippen molar-refractivity contribution in [1.29, 1.82) is 0 Å². The number of rotatable bonds is 2. The van der Waals surface area contributed by atoms with Crippen LogP contribution in [0.1, 0.15) is 41.0 Å². The Kier molecular flexibility index (Phi) is 4.18. The average molecular weight is 268 g/mol. The van der Waals surface area contributed by atoms with Crippen LogP contribution in [0.15, 0.2) is 0 Å². The molecule has 0 saturated carbocycles. The Labute approximate surface area is 115 Å². The van der Waals surface area contributed by atoms with Gasteiger partial charge in [-0.3, -0.25) is 0 Å². The zero-order valence-corrected chi connectivity index (χ0v) is 12.4. The SMILES string of the molecule is COc1c(C)c(C)c(C2CCNCC2)c(C)c1Cl. The number of piperidine rings is 1. The third-order valence-electron chi connectivity index (χ3n) is 4.19. The standard InChI is InChI=1S/C15H22ClNO/c1-9-10(2)15(18-4)14(16)11(3)13(9)12-5-7-17-8-6-12/h12,17H,5-8H2,1-4H3. The highest BCUT2D eigenvalue weighted by Gasteiger charge is 2.24. The highest BCUT2D eigenvalue weighted by atomic mass is 35.5. The van der Waals surface area contributed by atoms with Gasteiger partial charge >= 0.3 is 0 Å². The van der Waals surface area contributed by atoms with Crippen LogP contribution >= 0.6 is 11.6 Å². The van der Waals surface area contributed by atoms with Crippen molar-refractivity contribution in [3.05, 3.63) is 27.3 Å². The van der Waals surface area contributed by atoms with Gasteiger partial charge in [0.15, 0.2) is 0 Å². The molecule has 0 amide bonds. The van der Waals surface area contributed by atoms with Gasteiger partial charge in [-0.15, -0.1) is 0 Å². The molecule has 1 aromatic carbocycles. The highest BCUT2D eigenvalue weighted by molar-refractivity contribution is 6.33. The molecule has 0 radical (unpaired) electrons. The van der Waals surface area contributed by atoms with Gasteiger partial charge in [0.25, 0.3) is 0 Å². The number of hydrogen-bond donors (Lipinski definition) is 1. The Balaban J connectivity index is 2.53. The van der Waals surface area contributed by atoms with Gasteiger partial charge in [-0.25, -0.2) is 0 Å². The van der Waals surface area contributed by atoms with E-state index in [1.165, 1.54) is 35.1 Å². The van der Waals surface area contributed by atoms with Gasteiger partial charge in [-0.1, -0.05) is 11.6 Å². The van der Waals surface area contributed by atoms with Crippen molar-refractivity contribution < 1.29 is 4.74 Å². The number of nitrogens with one attached hydrogen (secondary N) is 1. The van der Waals surface area contributed by atoms with Gasteiger partial charge in [0.1, 0.15) is 5.75 Å². The molecule has 1 saturated heterocycles. The number of ether oxygens (including phenoxy) is 1. The Morgan fingerprint density at radius 2 is 1.67 bits per heavy atom. The molecule has 0 aromatic heterocycles. The molecule has 1 fully saturated rings. The van der Waals surface area contributed by atoms with Crippen molar-refractivity contribution in [3.63, 3.8) is 0 Å². The Morgan fingerprint density at radius 3 is 2.22 bits per heavy atom. The predicted octanol–water partition coefficient (Wildman–Crippen LogP) is 3.74. The van der Waals surface area contributed by atoms with Crippen molar-refractivity contribution in [2.24, 2.45) is 0 Å². The molecule has 18 heavy (non-hydrogen) atoms. The quantitative estimate of drug-likeness (QED) is 0.881. The lowest BCUT2D eigenvalue weighted by molar-refractivity contribution is 0.409. The second-order valence-corrected chi connectivity index (χ2v) is 5.54. The Bertz CT molecular complexity index is 421. The van der Waals surface area contributed by atoms with Gasteiger partial charge < -0.3 is 10.1 Å². The fraction of sp³-hybridized carbons (Fsp3) is 0.600. The second kappa shape index (κ2) is 5.50. The molecule has 2 rings (SSSR count). The molecule has 0 atom stereocenters. The lowest BCUT2D eigenvalue weighted by Crippen LogP contribution is -2.27. The van der Waals surface area contributed by atoms with E-state index in [1.54, 1.807) is 7.11 Å². The molecule has 1 aromatic rings. The Hall–Kier alpha value is -0.730. The van der Waals surface area contributed by atoms with Crippen molar-refractivity contribution in [2.75, 3.05) is 20.2 Å². The molecule has 0 spiro atoms. The van der Waals surface area contributed by atoms with E-state index in [0.717, 1.165) is 23.9 Å². The summed E-state index contributed by atoms with van der Waals surface area (Å²) in [4.78, 5) is 0. The fourth-order valence-corrected chi connectivity index (χ4v) is 3.39. The maximum atomic E-state index is 6.45. The molecule has 0 unspecified atom stereocenters. The van der Waals surface area contributed by atoms with E-state index in [1.807, 2.05) is 0 Å². The van der Waals surface area contributed by atoms with Gasteiger partial charge in [0.05, 0.1) is 12.1 Å². The molecule has 1 N–H and O–H groups in total. The first-order valence-electron chi connectivity index (χ1n) is 6.61. The van der Waals surface area contributed by atoms with E-state index in [9.17, 15) is 0 Å². The molecule has 2 nitrogen and oxygen atoms in total. The summed E-state index contributed by atoms with van der Waals surface area (Å²) in [5.41, 5.74) is 5.17. The summed E-state index contributed by atoms with van der Waals surface area (Å²) in [5, 5.41) is 4.20. The summed E-state index contributed by atoms with van der Waals surface area (Å²) in [6.07, 6.45) is 2.40. The molecular weight excluding hydrogens is 246 g/mol. The third kappa shape index (κ3) is 2.24. The molecule has 1 heterocycles. The summed E-state index contributed by atoms with van der Waals surface area (Å²) < 4.78 is 5.44. The second-order valence-electron chi connectivity index (χ2n) is 5.16. The van der Waals surface area contributed by atoms with Crippen LogP contribution in [0.3, 0.4) is 0 Å². The maximum Gasteiger partial charge on any atom is 0.140 e. The minimum absolute atomic E-state index is 0.633. The van der Waals surface area contributed by atoms with E-state index in [0.29, 0.717) is 5.92 Å². The first kappa shape index (κ1) is 13.7. The van der Waals surface area contributed by atoms with Crippen LogP contribution in [0.2, 0.25) is 5.02 Å². The van der Waals surface area contributed by atoms with Crippen LogP contribution in [-0.2, 0) is 0 Å². The van der Waals surface area contributed by atoms with Crippen LogP contribution in [0.4, 0.5) is 0 Å². The third-order valence-corrected chi connectivity index (χ3v) is 4.65. The van der Waals surface area contributed by atoms with Crippen molar-refractivity contribution in [3.8, 4) is 5.75 Å². The smallest absolute Gasteiger partial charge is 0.140 e. The van der Waals surface area contributed by atoms with E-state index >= 15 is 0 Å². The largest absolute Gasteiger partial charge is 0.495 e. The molecule has 1 aliphatic rings. The molecule has 3 heteroatoms. The summed E-state index contributed by atoms with van der Waals surface area (Å²) >= 11 is 6.45. The average Bonchev–Trinajstić information content (AvgIpc) is 2.39. The lowest BCUT2D eigenvalue weighted by atomic mass is 9.83. The van der Waals surface area contributed by atoms with E-state index in [2.05, 4.69) is 26.1 Å². The van der Waals surface area contributed by atoms with Gasteiger partial charge in [-0.2, -0.15) is 0 Å². The zero-order valence-electron chi connectivity index (χ0n) is 11.7. The number of benzene rings is 1. The monoisotopic (exact) mass is 267 g/mol. The van der Waals surface area contributed by atoms with Gasteiger partial charge in [0.2, 0.25) is 0 Å². The summed E-state index contributed by atoms with van der Waals surface area (Å²) in [7, 11) is 1.69. The van der Waals surface area contributed by atoms with Crippen LogP contribution in [0, 0.1) is 20.8 Å². The Morgan fingerprint density at radius 1 is 1.06 bits per heavy atom. The van der Waals surface area contributed by atoms with Crippen LogP contribution in [-0.4, -0.2) is 20.2 Å². The fourth-order valence-electron chi connectivity index (χ4n) is 3.07. The van der Waals surface area contributed by atoms with Gasteiger partial charge in [-0.05, 0) is 74.9 Å². The van der Waals surface area contributed by atoms with Crippen molar-refractivity contribution >= 4 is 11.6 Å². The summed E-state index contributed by atoms with van der Waals surface area (Å²) in [5.74, 6) is 1.47. The first-order valence-corrected chi connectivity index (χ1v) is 6.99. The van der Waals surface area contributed by atoms with E-state index < -0.39 is 0 Å². The number of methoxy groups -OCH3 is 1. The summed E-state index contributed by atoms with van der Waals surface area (Å²) in [6, 6.07) is 0. The van der Waals surface area contributed by atoms with Crippen LogP contribution in [0.5, 0.6) is 5.75 Å². The van der Waals surface area contributed by atoms with Crippen molar-refractivity contribution in [2.45, 2.75) is 39.5 Å². The number of halogens is 1. The summed E-state index contributed by atoms with van der Waals surface area (Å²) in [6.45, 7) is 8.62. The zero-order chi connectivity index (χ0) is 13.3. The lowest BCUT2D eigenvalue weighted by Gasteiger charge is -2.28. The molecule has 0 bridgehead atoms. The number of hydrogen-bond acceptors (Lipinski definition) is 2. The van der Waals surface area contributed by atoms with Gasteiger partial charge in [0, 0.05) is 0 Å². The van der Waals surface area contributed by atoms with Crippen molar-refractivity contribution in [1.82, 2.24) is 5.32 Å². The molecule has 1 aliphatic heterocycles. The van der Waals surface area contributed by atoms with Crippen LogP contribution in [0.25, 0.3) is 0 Å². The topological polar surface area (TPSA) is 21.3 Å². The maximum absolute atomic E-state index is 6.45. The minimum Gasteiger partial charge on any atom is -0.495 e. The van der Waals surface area contributed by atoms with E-state index in [4.69, 9.17) is 16.3 Å². The highest BCUT2D eigenvalue weighted by Crippen LogP contribution is 2.41. The van der Waals surface area contributed by atoms with Crippen LogP contribution < -0.4 is 10.1 Å². The van der Waals surface area contributed by atoms with E-state index in [-0.39, 0.29) is 0 Å².